The summed E-state index contributed by atoms with van der Waals surface area (Å²) in [5, 5.41) is 0. The summed E-state index contributed by atoms with van der Waals surface area (Å²) in [7, 11) is 1.62. The first-order valence-electron chi connectivity index (χ1n) is 11.2. The van der Waals surface area contributed by atoms with Crippen LogP contribution in [0, 0.1) is 17.8 Å². The highest BCUT2D eigenvalue weighted by molar-refractivity contribution is 9.10. The molecule has 0 saturated carbocycles. The van der Waals surface area contributed by atoms with Crippen LogP contribution in [0.5, 0.6) is 5.75 Å². The lowest BCUT2D eigenvalue weighted by atomic mass is 9.71. The van der Waals surface area contributed by atoms with Crippen LogP contribution in [0.15, 0.2) is 83.3 Å². The molecular weight excluding hydrogens is 478 g/mol. The third-order valence-electron chi connectivity index (χ3n) is 6.81. The number of methoxy groups -OCH3 is 1. The highest BCUT2D eigenvalue weighted by Gasteiger charge is 2.46. The van der Waals surface area contributed by atoms with Gasteiger partial charge in [-0.05, 0) is 53.8 Å². The van der Waals surface area contributed by atoms with Gasteiger partial charge in [-0.25, -0.2) is 0 Å². The van der Waals surface area contributed by atoms with Crippen LogP contribution in [-0.2, 0) is 4.79 Å². The number of ketones is 1. The van der Waals surface area contributed by atoms with Gasteiger partial charge in [-0.2, -0.15) is 0 Å². The standard InChI is InChI=1S/C28H28BrNO3/c1-18-17-30(23-13-15-24(33-3)16-14-23)28(32)26(27(31)21-9-11-22(29)12-10-21)25(19(18)2)20-7-5-4-6-8-20/h4-16,18-19,25-26H,17H2,1-3H3/t18?,19-,25-,26+/m1/s1. The van der Waals surface area contributed by atoms with Crippen LogP contribution >= 0.6 is 15.9 Å². The second-order valence-electron chi connectivity index (χ2n) is 8.77. The van der Waals surface area contributed by atoms with Gasteiger partial charge in [0.15, 0.2) is 5.78 Å². The number of Topliss-reactive ketones (excluding diaryl/α,β-unsaturated/α-hetero) is 1. The van der Waals surface area contributed by atoms with Crippen molar-refractivity contribution in [2.24, 2.45) is 17.8 Å². The zero-order valence-corrected chi connectivity index (χ0v) is 20.7. The van der Waals surface area contributed by atoms with Gasteiger partial charge < -0.3 is 9.64 Å². The molecule has 1 unspecified atom stereocenters. The van der Waals surface area contributed by atoms with Crippen LogP contribution in [0.1, 0.15) is 35.7 Å². The predicted molar refractivity (Wildman–Crippen MR) is 135 cm³/mol. The Labute approximate surface area is 203 Å². The SMILES string of the molecule is COc1ccc(N2CC(C)[C@@H](C)[C@H](c3ccccc3)[C@@H](C(=O)c3ccc(Br)cc3)C2=O)cc1. The monoisotopic (exact) mass is 505 g/mol. The van der Waals surface area contributed by atoms with Crippen molar-refractivity contribution < 1.29 is 14.3 Å². The van der Waals surface area contributed by atoms with E-state index >= 15 is 0 Å². The van der Waals surface area contributed by atoms with E-state index in [0.717, 1.165) is 21.5 Å². The maximum Gasteiger partial charge on any atom is 0.238 e. The number of hydrogen-bond acceptors (Lipinski definition) is 3. The van der Waals surface area contributed by atoms with E-state index in [1.54, 1.807) is 24.1 Å². The van der Waals surface area contributed by atoms with Crippen molar-refractivity contribution in [2.75, 3.05) is 18.6 Å². The summed E-state index contributed by atoms with van der Waals surface area (Å²) in [6.07, 6.45) is 0. The molecule has 0 bridgehead atoms. The highest BCUT2D eigenvalue weighted by Crippen LogP contribution is 2.43. The second-order valence-corrected chi connectivity index (χ2v) is 9.68. The smallest absolute Gasteiger partial charge is 0.238 e. The molecule has 1 aliphatic heterocycles. The van der Waals surface area contributed by atoms with Gasteiger partial charge in [-0.1, -0.05) is 72.2 Å². The van der Waals surface area contributed by atoms with Crippen LogP contribution in [0.2, 0.25) is 0 Å². The fourth-order valence-corrected chi connectivity index (χ4v) is 5.02. The summed E-state index contributed by atoms with van der Waals surface area (Å²) in [5.74, 6) is -0.261. The molecular formula is C28H28BrNO3. The quantitative estimate of drug-likeness (QED) is 0.299. The molecule has 1 saturated heterocycles. The minimum Gasteiger partial charge on any atom is -0.497 e. The summed E-state index contributed by atoms with van der Waals surface area (Å²) < 4.78 is 6.18. The van der Waals surface area contributed by atoms with Crippen molar-refractivity contribution in [3.63, 3.8) is 0 Å². The Morgan fingerprint density at radius 3 is 2.18 bits per heavy atom. The Hall–Kier alpha value is -2.92. The number of carbonyl (C=O) groups excluding carboxylic acids is 2. The first-order valence-corrected chi connectivity index (χ1v) is 12.0. The fourth-order valence-electron chi connectivity index (χ4n) is 4.76. The number of rotatable bonds is 5. The molecule has 1 fully saturated rings. The molecule has 4 atom stereocenters. The van der Waals surface area contributed by atoms with Crippen LogP contribution in [0.4, 0.5) is 5.69 Å². The number of halogens is 1. The molecule has 3 aromatic rings. The lowest BCUT2D eigenvalue weighted by Gasteiger charge is -2.30. The van der Waals surface area contributed by atoms with Crippen molar-refractivity contribution in [1.29, 1.82) is 0 Å². The number of amides is 1. The van der Waals surface area contributed by atoms with Crippen LogP contribution in [-0.4, -0.2) is 25.3 Å². The summed E-state index contributed by atoms with van der Waals surface area (Å²) >= 11 is 3.44. The van der Waals surface area contributed by atoms with Gasteiger partial charge in [0, 0.05) is 28.2 Å². The zero-order valence-electron chi connectivity index (χ0n) is 19.1. The fraction of sp³-hybridized carbons (Fsp3) is 0.286. The largest absolute Gasteiger partial charge is 0.497 e. The topological polar surface area (TPSA) is 46.6 Å². The summed E-state index contributed by atoms with van der Waals surface area (Å²) in [4.78, 5) is 29.8. The van der Waals surface area contributed by atoms with E-state index in [1.807, 2.05) is 66.7 Å². The van der Waals surface area contributed by atoms with Gasteiger partial charge in [0.2, 0.25) is 5.91 Å². The summed E-state index contributed by atoms with van der Waals surface area (Å²) in [6.45, 7) is 4.88. The third-order valence-corrected chi connectivity index (χ3v) is 7.33. The van der Waals surface area contributed by atoms with Crippen LogP contribution < -0.4 is 9.64 Å². The number of hydrogen-bond donors (Lipinski definition) is 0. The predicted octanol–water partition coefficient (Wildman–Crippen LogP) is 6.36. The van der Waals surface area contributed by atoms with Gasteiger partial charge in [-0.15, -0.1) is 0 Å². The van der Waals surface area contributed by atoms with Crippen molar-refractivity contribution >= 4 is 33.3 Å². The maximum absolute atomic E-state index is 14.1. The molecule has 0 aromatic heterocycles. The number of nitrogens with zero attached hydrogens (tertiary/aromatic N) is 1. The van der Waals surface area contributed by atoms with E-state index in [1.165, 1.54) is 0 Å². The molecule has 4 nitrogen and oxygen atoms in total. The lowest BCUT2D eigenvalue weighted by molar-refractivity contribution is -0.121. The minimum atomic E-state index is -0.810. The number of anilines is 1. The Morgan fingerprint density at radius 2 is 1.58 bits per heavy atom. The van der Waals surface area contributed by atoms with E-state index in [0.29, 0.717) is 12.1 Å². The normalized spacial score (nSPS) is 23.2. The Balaban J connectivity index is 1.83. The molecule has 0 N–H and O–H groups in total. The van der Waals surface area contributed by atoms with Crippen molar-refractivity contribution in [3.8, 4) is 5.75 Å². The van der Waals surface area contributed by atoms with Gasteiger partial charge in [0.05, 0.1) is 7.11 Å². The molecule has 0 spiro atoms. The van der Waals surface area contributed by atoms with Crippen molar-refractivity contribution in [3.05, 3.63) is 94.5 Å². The van der Waals surface area contributed by atoms with Crippen LogP contribution in [0.25, 0.3) is 0 Å². The minimum absolute atomic E-state index is 0.129. The zero-order chi connectivity index (χ0) is 23.5. The van der Waals surface area contributed by atoms with Crippen molar-refractivity contribution in [2.45, 2.75) is 19.8 Å². The van der Waals surface area contributed by atoms with E-state index in [-0.39, 0.29) is 29.4 Å². The Bertz CT molecular complexity index is 1110. The van der Waals surface area contributed by atoms with Gasteiger partial charge >= 0.3 is 0 Å². The van der Waals surface area contributed by atoms with Crippen LogP contribution in [0.3, 0.4) is 0 Å². The molecule has 4 rings (SSSR count). The third kappa shape index (κ3) is 4.74. The number of carbonyl (C=O) groups is 2. The molecule has 0 aliphatic carbocycles. The molecule has 170 valence electrons. The van der Waals surface area contributed by atoms with Gasteiger partial charge in [0.1, 0.15) is 11.7 Å². The van der Waals surface area contributed by atoms with Gasteiger partial charge in [0.25, 0.3) is 0 Å². The van der Waals surface area contributed by atoms with E-state index in [4.69, 9.17) is 4.74 Å². The molecule has 33 heavy (non-hydrogen) atoms. The number of benzene rings is 3. The second kappa shape index (κ2) is 9.92. The highest BCUT2D eigenvalue weighted by atomic mass is 79.9. The van der Waals surface area contributed by atoms with E-state index < -0.39 is 5.92 Å². The first kappa shape index (κ1) is 23.2. The molecule has 1 heterocycles. The van der Waals surface area contributed by atoms with Crippen molar-refractivity contribution in [1.82, 2.24) is 0 Å². The maximum atomic E-state index is 14.1. The first-order chi connectivity index (χ1) is 15.9. The van der Waals surface area contributed by atoms with E-state index in [2.05, 4.69) is 29.8 Å². The molecule has 0 radical (unpaired) electrons. The molecule has 1 aliphatic rings. The van der Waals surface area contributed by atoms with E-state index in [9.17, 15) is 9.59 Å². The molecule has 3 aromatic carbocycles. The average molecular weight is 506 g/mol. The Morgan fingerprint density at radius 1 is 0.939 bits per heavy atom. The summed E-state index contributed by atoms with van der Waals surface area (Å²) in [6, 6.07) is 24.7. The lowest BCUT2D eigenvalue weighted by Crippen LogP contribution is -2.41. The average Bonchev–Trinajstić information content (AvgIpc) is 2.94. The number of ether oxygens (including phenoxy) is 1. The summed E-state index contributed by atoms with van der Waals surface area (Å²) in [5.41, 5.74) is 2.35. The molecule has 5 heteroatoms. The van der Waals surface area contributed by atoms with Gasteiger partial charge in [-0.3, -0.25) is 9.59 Å². The Kier molecular flexibility index (Phi) is 6.99. The molecule has 1 amide bonds.